The van der Waals surface area contributed by atoms with Crippen LogP contribution in [0.2, 0.25) is 0 Å². The highest BCUT2D eigenvalue weighted by atomic mass is 16.7. The lowest BCUT2D eigenvalue weighted by atomic mass is 9.93. The molecule has 12 nitrogen and oxygen atoms in total. The minimum absolute atomic E-state index is 0.161. The number of guanidine groups is 1. The maximum absolute atomic E-state index is 13.2. The Morgan fingerprint density at radius 2 is 1.79 bits per heavy atom. The Hall–Kier alpha value is -2.63. The predicted octanol–water partition coefficient (Wildman–Crippen LogP) is 2.20. The number of hydrogen-bond donors (Lipinski definition) is 3. The van der Waals surface area contributed by atoms with Gasteiger partial charge in [0, 0.05) is 26.2 Å². The van der Waals surface area contributed by atoms with E-state index >= 15 is 0 Å². The molecule has 4 N–H and O–H groups in total. The molecule has 1 fully saturated rings. The van der Waals surface area contributed by atoms with E-state index in [2.05, 4.69) is 10.3 Å². The molecule has 34 heavy (non-hydrogen) atoms. The van der Waals surface area contributed by atoms with Crippen molar-refractivity contribution in [2.24, 2.45) is 16.6 Å². The average Bonchev–Trinajstić information content (AvgIpc) is 2.67. The summed E-state index contributed by atoms with van der Waals surface area (Å²) in [6.45, 7) is 13.4. The van der Waals surface area contributed by atoms with Gasteiger partial charge < -0.3 is 25.4 Å². The van der Waals surface area contributed by atoms with E-state index in [4.69, 9.17) is 15.2 Å². The second-order valence-corrected chi connectivity index (χ2v) is 10.5. The Balaban J connectivity index is 2.65. The third-order valence-corrected chi connectivity index (χ3v) is 5.12. The zero-order valence-corrected chi connectivity index (χ0v) is 21.4. The van der Waals surface area contributed by atoms with Gasteiger partial charge in [-0.2, -0.15) is 0 Å². The van der Waals surface area contributed by atoms with Crippen LogP contribution >= 0.6 is 0 Å². The summed E-state index contributed by atoms with van der Waals surface area (Å²) in [4.78, 5) is 41.5. The standard InChI is InChI=1S/C22H42N6O6/c1-21(2,3)33-15-11-16-9-13-27(14-10-16)18(29)17(25-20(30)34-22(4,5)6)8-7-12-24-19(23)26-28(31)32/h16-17H,7-15H2,1-6H3,(H,25,30)(H3,23,24,26). The Labute approximate surface area is 202 Å². The molecule has 196 valence electrons. The van der Waals surface area contributed by atoms with Gasteiger partial charge in [0.25, 0.3) is 5.96 Å². The van der Waals surface area contributed by atoms with Crippen LogP contribution < -0.4 is 16.5 Å². The molecular weight excluding hydrogens is 444 g/mol. The number of nitrogens with zero attached hydrogens (tertiary/aromatic N) is 3. The van der Waals surface area contributed by atoms with Crippen molar-refractivity contribution in [1.29, 1.82) is 0 Å². The maximum atomic E-state index is 13.2. The molecule has 2 amide bonds. The monoisotopic (exact) mass is 486 g/mol. The van der Waals surface area contributed by atoms with Gasteiger partial charge in [-0.3, -0.25) is 4.79 Å². The summed E-state index contributed by atoms with van der Waals surface area (Å²) in [6, 6.07) is -0.782. The van der Waals surface area contributed by atoms with Crippen LogP contribution in [0, 0.1) is 16.0 Å². The normalized spacial score (nSPS) is 16.6. The van der Waals surface area contributed by atoms with Crippen molar-refractivity contribution in [3.63, 3.8) is 0 Å². The fraction of sp³-hybridized carbons (Fsp3) is 0.864. The van der Waals surface area contributed by atoms with Gasteiger partial charge in [-0.05, 0) is 79.6 Å². The van der Waals surface area contributed by atoms with Gasteiger partial charge in [-0.25, -0.2) is 19.9 Å². The molecule has 0 saturated carbocycles. The number of alkyl carbamates (subject to hydrolysis) is 1. The number of ether oxygens (including phenoxy) is 2. The number of hydrogen-bond acceptors (Lipinski definition) is 7. The quantitative estimate of drug-likeness (QED) is 0.139. The number of aliphatic imine (C=N–C) groups is 1. The SMILES string of the molecule is CC(C)(C)OCCC1CCN(C(=O)C(CCCN=C(N)N[N+](=O)[O-])NC(=O)OC(C)(C)C)CC1. The Bertz CT molecular complexity index is 708. The van der Waals surface area contributed by atoms with Crippen molar-refractivity contribution in [2.45, 2.75) is 90.9 Å². The molecule has 0 aromatic rings. The molecule has 1 saturated heterocycles. The number of nitrogens with two attached hydrogens (primary N) is 1. The first kappa shape index (κ1) is 29.4. The third-order valence-electron chi connectivity index (χ3n) is 5.12. The van der Waals surface area contributed by atoms with Gasteiger partial charge in [-0.1, -0.05) is 5.43 Å². The highest BCUT2D eigenvalue weighted by molar-refractivity contribution is 5.85. The molecule has 0 aromatic heterocycles. The molecule has 1 heterocycles. The average molecular weight is 487 g/mol. The van der Waals surface area contributed by atoms with Crippen LogP contribution in [0.1, 0.15) is 73.6 Å². The number of hydrazine groups is 1. The number of piperidine rings is 1. The smallest absolute Gasteiger partial charge is 0.408 e. The summed E-state index contributed by atoms with van der Waals surface area (Å²) in [5.41, 5.74) is 6.32. The van der Waals surface area contributed by atoms with E-state index in [9.17, 15) is 19.7 Å². The number of rotatable bonds is 10. The van der Waals surface area contributed by atoms with Crippen LogP contribution in [0.5, 0.6) is 0 Å². The molecule has 1 unspecified atom stereocenters. The molecule has 1 aliphatic rings. The number of amides is 2. The number of nitro groups is 1. The fourth-order valence-electron chi connectivity index (χ4n) is 3.53. The summed E-state index contributed by atoms with van der Waals surface area (Å²) in [5.74, 6) is 0.0104. The predicted molar refractivity (Wildman–Crippen MR) is 129 cm³/mol. The summed E-state index contributed by atoms with van der Waals surface area (Å²) in [7, 11) is 0. The number of likely N-dealkylation sites (tertiary alicyclic amines) is 1. The lowest BCUT2D eigenvalue weighted by molar-refractivity contribution is -0.525. The molecule has 0 aromatic carbocycles. The van der Waals surface area contributed by atoms with E-state index in [1.165, 1.54) is 0 Å². The van der Waals surface area contributed by atoms with Crippen molar-refractivity contribution in [3.05, 3.63) is 10.1 Å². The number of nitrogens with one attached hydrogen (secondary N) is 2. The molecule has 0 radical (unpaired) electrons. The van der Waals surface area contributed by atoms with Crippen LogP contribution in [0.4, 0.5) is 4.79 Å². The highest BCUT2D eigenvalue weighted by Crippen LogP contribution is 2.22. The van der Waals surface area contributed by atoms with Gasteiger partial charge in [0.2, 0.25) is 5.91 Å². The maximum Gasteiger partial charge on any atom is 0.408 e. The van der Waals surface area contributed by atoms with E-state index in [1.54, 1.807) is 31.1 Å². The van der Waals surface area contributed by atoms with Crippen molar-refractivity contribution >= 4 is 18.0 Å². The Morgan fingerprint density at radius 1 is 1.18 bits per heavy atom. The topological polar surface area (TPSA) is 161 Å². The summed E-state index contributed by atoms with van der Waals surface area (Å²) in [5, 5.41) is 12.3. The molecular formula is C22H42N6O6. The van der Waals surface area contributed by atoms with Crippen LogP contribution in [0.3, 0.4) is 0 Å². The highest BCUT2D eigenvalue weighted by Gasteiger charge is 2.30. The van der Waals surface area contributed by atoms with E-state index in [0.717, 1.165) is 19.3 Å². The molecule has 1 aliphatic heterocycles. The number of carbonyl (C=O) groups is 2. The lowest BCUT2D eigenvalue weighted by Crippen LogP contribution is -2.51. The second kappa shape index (κ2) is 13.3. The summed E-state index contributed by atoms with van der Waals surface area (Å²) in [6.07, 6.45) is 2.74. The van der Waals surface area contributed by atoms with Crippen molar-refractivity contribution in [2.75, 3.05) is 26.2 Å². The zero-order valence-electron chi connectivity index (χ0n) is 21.4. The van der Waals surface area contributed by atoms with Crippen molar-refractivity contribution in [1.82, 2.24) is 15.6 Å². The molecule has 0 spiro atoms. The first-order valence-corrected chi connectivity index (χ1v) is 11.8. The Kier molecular flexibility index (Phi) is 11.5. The molecule has 1 atom stereocenters. The van der Waals surface area contributed by atoms with Crippen molar-refractivity contribution < 1.29 is 24.1 Å². The first-order chi connectivity index (χ1) is 15.7. The van der Waals surface area contributed by atoms with Crippen LogP contribution in [-0.2, 0) is 14.3 Å². The van der Waals surface area contributed by atoms with E-state index in [1.807, 2.05) is 20.8 Å². The Morgan fingerprint density at radius 3 is 2.32 bits per heavy atom. The third kappa shape index (κ3) is 13.2. The van der Waals surface area contributed by atoms with Crippen LogP contribution in [-0.4, -0.2) is 71.4 Å². The van der Waals surface area contributed by atoms with Gasteiger partial charge in [0.15, 0.2) is 5.03 Å². The lowest BCUT2D eigenvalue weighted by Gasteiger charge is -2.35. The molecule has 1 rings (SSSR count). The molecule has 0 bridgehead atoms. The van der Waals surface area contributed by atoms with Gasteiger partial charge >= 0.3 is 6.09 Å². The van der Waals surface area contributed by atoms with E-state index in [0.29, 0.717) is 38.5 Å². The molecule has 12 heteroatoms. The van der Waals surface area contributed by atoms with Crippen LogP contribution in [0.25, 0.3) is 0 Å². The van der Waals surface area contributed by atoms with Gasteiger partial charge in [-0.15, -0.1) is 0 Å². The first-order valence-electron chi connectivity index (χ1n) is 11.8. The fourth-order valence-corrected chi connectivity index (χ4v) is 3.53. The summed E-state index contributed by atoms with van der Waals surface area (Å²) >= 11 is 0. The van der Waals surface area contributed by atoms with Crippen molar-refractivity contribution in [3.8, 4) is 0 Å². The molecule has 0 aliphatic carbocycles. The van der Waals surface area contributed by atoms with E-state index < -0.39 is 22.8 Å². The second-order valence-electron chi connectivity index (χ2n) is 10.5. The minimum atomic E-state index is -0.798. The largest absolute Gasteiger partial charge is 0.444 e. The van der Waals surface area contributed by atoms with Crippen LogP contribution in [0.15, 0.2) is 4.99 Å². The zero-order chi connectivity index (χ0) is 25.9. The van der Waals surface area contributed by atoms with Gasteiger partial charge in [0.1, 0.15) is 11.6 Å². The minimum Gasteiger partial charge on any atom is -0.444 e. The van der Waals surface area contributed by atoms with E-state index in [-0.39, 0.29) is 24.0 Å². The van der Waals surface area contributed by atoms with Gasteiger partial charge in [0.05, 0.1) is 5.60 Å². The number of carbonyl (C=O) groups excluding carboxylic acids is 2. The summed E-state index contributed by atoms with van der Waals surface area (Å²) < 4.78 is 11.1.